The minimum absolute atomic E-state index is 0.00823. The summed E-state index contributed by atoms with van der Waals surface area (Å²) in [5.74, 6) is -0.336. The zero-order valence-corrected chi connectivity index (χ0v) is 11.0. The Hall–Kier alpha value is -2.08. The molecule has 0 unspecified atom stereocenters. The van der Waals surface area contributed by atoms with Crippen LogP contribution >= 0.6 is 0 Å². The fourth-order valence-corrected chi connectivity index (χ4v) is 2.00. The van der Waals surface area contributed by atoms with Gasteiger partial charge in [-0.25, -0.2) is 4.39 Å². The lowest BCUT2D eigenvalue weighted by Crippen LogP contribution is -2.06. The molecule has 0 aliphatic carbocycles. The lowest BCUT2D eigenvalue weighted by Gasteiger charge is -2.13. The van der Waals surface area contributed by atoms with Crippen LogP contribution < -0.4 is 4.74 Å². The number of hydrogen-bond acceptors (Lipinski definition) is 2. The van der Waals surface area contributed by atoms with Crippen LogP contribution in [-0.2, 0) is 12.8 Å². The van der Waals surface area contributed by atoms with Crippen molar-refractivity contribution in [3.63, 3.8) is 0 Å². The average Bonchev–Trinajstić information content (AvgIpc) is 2.45. The Morgan fingerprint density at radius 3 is 2.24 bits per heavy atom. The van der Waals surface area contributed by atoms with E-state index >= 15 is 0 Å². The molecule has 0 spiro atoms. The maximum Gasteiger partial charge on any atom is 0.416 e. The van der Waals surface area contributed by atoms with Gasteiger partial charge in [-0.1, -0.05) is 6.07 Å². The number of alkyl halides is 3. The molecule has 2 nitrogen and oxygen atoms in total. The van der Waals surface area contributed by atoms with Crippen LogP contribution in [0.4, 0.5) is 17.6 Å². The van der Waals surface area contributed by atoms with Crippen molar-refractivity contribution in [1.82, 2.24) is 0 Å². The summed E-state index contributed by atoms with van der Waals surface area (Å²) in [5.41, 5.74) is -0.558. The molecule has 0 bridgehead atoms. The first-order valence-corrected chi connectivity index (χ1v) is 6.01. The molecular weight excluding hydrogens is 288 g/mol. The zero-order valence-electron chi connectivity index (χ0n) is 11.0. The molecule has 0 aliphatic rings. The summed E-state index contributed by atoms with van der Waals surface area (Å²) in [4.78, 5) is 0. The molecule has 0 heterocycles. The number of aliphatic hydroxyl groups is 1. The SMILES string of the molecule is COc1ccc(-c2ccc(C(F)(F)F)cc2CO)c(F)c1. The van der Waals surface area contributed by atoms with Crippen LogP contribution in [0, 0.1) is 5.82 Å². The summed E-state index contributed by atoms with van der Waals surface area (Å²) in [6, 6.07) is 6.86. The van der Waals surface area contributed by atoms with Crippen molar-refractivity contribution in [2.24, 2.45) is 0 Å². The Morgan fingerprint density at radius 1 is 1.05 bits per heavy atom. The van der Waals surface area contributed by atoms with Crippen molar-refractivity contribution in [3.05, 3.63) is 53.3 Å². The highest BCUT2D eigenvalue weighted by Gasteiger charge is 2.31. The maximum atomic E-state index is 14.0. The van der Waals surface area contributed by atoms with Gasteiger partial charge in [0.25, 0.3) is 0 Å². The molecule has 2 rings (SSSR count). The number of benzene rings is 2. The number of ether oxygens (including phenoxy) is 1. The van der Waals surface area contributed by atoms with Crippen molar-refractivity contribution < 1.29 is 27.4 Å². The van der Waals surface area contributed by atoms with Gasteiger partial charge in [0.1, 0.15) is 11.6 Å². The van der Waals surface area contributed by atoms with Gasteiger partial charge in [-0.05, 0) is 35.4 Å². The van der Waals surface area contributed by atoms with Gasteiger partial charge in [0.15, 0.2) is 0 Å². The van der Waals surface area contributed by atoms with Crippen LogP contribution in [0.15, 0.2) is 36.4 Å². The van der Waals surface area contributed by atoms with Crippen LogP contribution in [-0.4, -0.2) is 12.2 Å². The molecule has 0 aromatic heterocycles. The first-order chi connectivity index (χ1) is 9.86. The van der Waals surface area contributed by atoms with Crippen LogP contribution in [0.3, 0.4) is 0 Å². The summed E-state index contributed by atoms with van der Waals surface area (Å²) in [7, 11) is 1.38. The predicted octanol–water partition coefficient (Wildman–Crippen LogP) is 4.01. The highest BCUT2D eigenvalue weighted by Crippen LogP contribution is 2.35. The van der Waals surface area contributed by atoms with E-state index in [9.17, 15) is 22.7 Å². The largest absolute Gasteiger partial charge is 0.497 e. The van der Waals surface area contributed by atoms with E-state index in [1.807, 2.05) is 0 Å². The summed E-state index contributed by atoms with van der Waals surface area (Å²) in [5, 5.41) is 9.25. The Balaban J connectivity index is 2.54. The van der Waals surface area contributed by atoms with Crippen LogP contribution in [0.5, 0.6) is 5.75 Å². The number of methoxy groups -OCH3 is 1. The van der Waals surface area contributed by atoms with Gasteiger partial charge < -0.3 is 9.84 Å². The van der Waals surface area contributed by atoms with E-state index in [4.69, 9.17) is 4.74 Å². The minimum Gasteiger partial charge on any atom is -0.497 e. The summed E-state index contributed by atoms with van der Waals surface area (Å²) in [6.45, 7) is -0.620. The molecule has 0 saturated carbocycles. The molecule has 6 heteroatoms. The first-order valence-electron chi connectivity index (χ1n) is 6.01. The topological polar surface area (TPSA) is 29.5 Å². The molecule has 0 saturated heterocycles. The van der Waals surface area contributed by atoms with Gasteiger partial charge in [0.2, 0.25) is 0 Å². The number of hydrogen-bond donors (Lipinski definition) is 1. The van der Waals surface area contributed by atoms with E-state index in [1.54, 1.807) is 0 Å². The van der Waals surface area contributed by atoms with Crippen molar-refractivity contribution in [3.8, 4) is 16.9 Å². The molecule has 0 atom stereocenters. The van der Waals surface area contributed by atoms with E-state index in [0.717, 1.165) is 24.3 Å². The summed E-state index contributed by atoms with van der Waals surface area (Å²) >= 11 is 0. The molecule has 0 fully saturated rings. The standard InChI is InChI=1S/C15H12F4O2/c1-21-11-3-5-13(14(16)7-11)12-4-2-10(15(17,18)19)6-9(12)8-20/h2-7,20H,8H2,1H3. The second-order valence-corrected chi connectivity index (χ2v) is 4.37. The van der Waals surface area contributed by atoms with Crippen molar-refractivity contribution in [2.75, 3.05) is 7.11 Å². The van der Waals surface area contributed by atoms with Gasteiger partial charge in [-0.15, -0.1) is 0 Å². The minimum atomic E-state index is -4.51. The fourth-order valence-electron chi connectivity index (χ4n) is 2.00. The smallest absolute Gasteiger partial charge is 0.416 e. The monoisotopic (exact) mass is 300 g/mol. The Labute approximate surface area is 118 Å². The number of aliphatic hydroxyl groups excluding tert-OH is 1. The van der Waals surface area contributed by atoms with Crippen molar-refractivity contribution in [2.45, 2.75) is 12.8 Å². The van der Waals surface area contributed by atoms with E-state index < -0.39 is 24.2 Å². The predicted molar refractivity (Wildman–Crippen MR) is 69.3 cm³/mol. The van der Waals surface area contributed by atoms with E-state index in [1.165, 1.54) is 19.2 Å². The Morgan fingerprint density at radius 2 is 1.71 bits per heavy atom. The van der Waals surface area contributed by atoms with Gasteiger partial charge in [0.05, 0.1) is 19.3 Å². The van der Waals surface area contributed by atoms with E-state index in [0.29, 0.717) is 5.75 Å². The third kappa shape index (κ3) is 3.16. The third-order valence-electron chi connectivity index (χ3n) is 3.07. The second-order valence-electron chi connectivity index (χ2n) is 4.37. The highest BCUT2D eigenvalue weighted by molar-refractivity contribution is 5.69. The van der Waals surface area contributed by atoms with Crippen LogP contribution in [0.1, 0.15) is 11.1 Å². The molecule has 1 N–H and O–H groups in total. The molecule has 21 heavy (non-hydrogen) atoms. The van der Waals surface area contributed by atoms with Crippen LogP contribution in [0.2, 0.25) is 0 Å². The third-order valence-corrected chi connectivity index (χ3v) is 3.07. The molecule has 112 valence electrons. The normalized spacial score (nSPS) is 11.5. The van der Waals surface area contributed by atoms with Gasteiger partial charge in [0, 0.05) is 11.6 Å². The highest BCUT2D eigenvalue weighted by atomic mass is 19.4. The molecular formula is C15H12F4O2. The van der Waals surface area contributed by atoms with E-state index in [2.05, 4.69) is 0 Å². The van der Waals surface area contributed by atoms with Gasteiger partial charge >= 0.3 is 6.18 Å². The summed E-state index contributed by atoms with van der Waals surface area (Å²) < 4.78 is 56.8. The second kappa shape index (κ2) is 5.73. The lowest BCUT2D eigenvalue weighted by atomic mass is 9.97. The van der Waals surface area contributed by atoms with Crippen LogP contribution in [0.25, 0.3) is 11.1 Å². The van der Waals surface area contributed by atoms with Crippen molar-refractivity contribution in [1.29, 1.82) is 0 Å². The number of rotatable bonds is 3. The average molecular weight is 300 g/mol. The van der Waals surface area contributed by atoms with Gasteiger partial charge in [-0.3, -0.25) is 0 Å². The maximum absolute atomic E-state index is 14.0. The van der Waals surface area contributed by atoms with Gasteiger partial charge in [-0.2, -0.15) is 13.2 Å². The summed E-state index contributed by atoms with van der Waals surface area (Å²) in [6.07, 6.45) is -4.51. The Kier molecular flexibility index (Phi) is 4.18. The quantitative estimate of drug-likeness (QED) is 0.868. The molecule has 0 amide bonds. The zero-order chi connectivity index (χ0) is 15.6. The molecule has 2 aromatic rings. The van der Waals surface area contributed by atoms with Crippen molar-refractivity contribution >= 4 is 0 Å². The Bertz CT molecular complexity index is 651. The molecule has 0 aliphatic heterocycles. The molecule has 2 aromatic carbocycles. The first kappa shape index (κ1) is 15.3. The fraction of sp³-hybridized carbons (Fsp3) is 0.200. The lowest BCUT2D eigenvalue weighted by molar-refractivity contribution is -0.137. The number of halogens is 4. The van der Waals surface area contributed by atoms with E-state index in [-0.39, 0.29) is 16.7 Å². The molecule has 0 radical (unpaired) electrons.